The number of carboxylic acids is 1. The van der Waals surface area contributed by atoms with Gasteiger partial charge < -0.3 is 19.9 Å². The Morgan fingerprint density at radius 3 is 2.88 bits per heavy atom. The van der Waals surface area contributed by atoms with Crippen molar-refractivity contribution >= 4 is 13.1 Å². The maximum atomic E-state index is 11.2. The number of aryl methyl sites for hydroxylation is 1. The smallest absolute Gasteiger partial charge is 0.523 e. The van der Waals surface area contributed by atoms with Crippen molar-refractivity contribution in [3.05, 3.63) is 28.8 Å². The van der Waals surface area contributed by atoms with Crippen LogP contribution in [0.15, 0.2) is 12.1 Å². The fraction of sp³-hybridized carbons (Fsp3) is 0.364. The van der Waals surface area contributed by atoms with E-state index in [9.17, 15) is 14.9 Å². The minimum absolute atomic E-state index is 0.0553. The average Bonchev–Trinajstić information content (AvgIpc) is 2.26. The molecular formula is C11H13BO5. The lowest BCUT2D eigenvalue weighted by atomic mass is 9.71. The normalized spacial score (nSPS) is 18.5. The molecule has 6 heteroatoms. The second-order valence-corrected chi connectivity index (χ2v) is 4.17. The zero-order chi connectivity index (χ0) is 12.6. The number of hydrogen-bond acceptors (Lipinski definition) is 4. The van der Waals surface area contributed by atoms with Crippen LogP contribution in [-0.2, 0) is 0 Å². The molecule has 17 heavy (non-hydrogen) atoms. The number of hydrogen-bond donors (Lipinski definition) is 3. The quantitative estimate of drug-likeness (QED) is 0.656. The standard InChI is InChI=1S/C11H13BO5/c1-6-2-3-8-7(5-13)4-12(16)17-10(8)9(6)11(14)15/h2-3,7,13,16H,4-5H2,1H3,(H,14,15). The van der Waals surface area contributed by atoms with Crippen LogP contribution in [0.2, 0.25) is 6.32 Å². The summed E-state index contributed by atoms with van der Waals surface area (Å²) < 4.78 is 5.20. The van der Waals surface area contributed by atoms with Gasteiger partial charge in [0.25, 0.3) is 0 Å². The molecule has 1 aliphatic rings. The van der Waals surface area contributed by atoms with E-state index < -0.39 is 13.1 Å². The monoisotopic (exact) mass is 236 g/mol. The fourth-order valence-corrected chi connectivity index (χ4v) is 2.14. The molecule has 1 heterocycles. The number of rotatable bonds is 2. The molecule has 1 unspecified atom stereocenters. The summed E-state index contributed by atoms with van der Waals surface area (Å²) >= 11 is 0. The van der Waals surface area contributed by atoms with Crippen molar-refractivity contribution in [3.63, 3.8) is 0 Å². The molecule has 2 rings (SSSR count). The fourth-order valence-electron chi connectivity index (χ4n) is 2.14. The summed E-state index contributed by atoms with van der Waals surface area (Å²) in [6.45, 7) is 1.53. The minimum Gasteiger partial charge on any atom is -0.535 e. The lowest BCUT2D eigenvalue weighted by Gasteiger charge is -2.28. The molecule has 1 atom stereocenters. The molecule has 1 aromatic carbocycles. The largest absolute Gasteiger partial charge is 0.535 e. The van der Waals surface area contributed by atoms with E-state index >= 15 is 0 Å². The third-order valence-electron chi connectivity index (χ3n) is 3.01. The summed E-state index contributed by atoms with van der Waals surface area (Å²) in [5.41, 5.74) is 1.27. The number of aromatic carboxylic acids is 1. The van der Waals surface area contributed by atoms with Crippen molar-refractivity contribution in [1.29, 1.82) is 0 Å². The van der Waals surface area contributed by atoms with Crippen LogP contribution in [0.1, 0.15) is 27.4 Å². The molecule has 0 aromatic heterocycles. The van der Waals surface area contributed by atoms with Crippen LogP contribution in [0.4, 0.5) is 0 Å². The summed E-state index contributed by atoms with van der Waals surface area (Å²) in [5, 5.41) is 27.9. The third-order valence-corrected chi connectivity index (χ3v) is 3.01. The van der Waals surface area contributed by atoms with Gasteiger partial charge >= 0.3 is 13.1 Å². The van der Waals surface area contributed by atoms with E-state index in [4.69, 9.17) is 9.76 Å². The number of carboxylic acid groups (broad SMARTS) is 1. The van der Waals surface area contributed by atoms with Crippen molar-refractivity contribution in [2.75, 3.05) is 6.61 Å². The molecule has 3 N–H and O–H groups in total. The number of fused-ring (bicyclic) bond motifs is 1. The van der Waals surface area contributed by atoms with Crippen LogP contribution < -0.4 is 4.65 Å². The maximum absolute atomic E-state index is 11.2. The Labute approximate surface area is 98.8 Å². The summed E-state index contributed by atoms with van der Waals surface area (Å²) in [6, 6.07) is 3.43. The molecular weight excluding hydrogens is 223 g/mol. The van der Waals surface area contributed by atoms with E-state index in [-0.39, 0.29) is 30.2 Å². The van der Waals surface area contributed by atoms with Gasteiger partial charge in [0.15, 0.2) is 0 Å². The van der Waals surface area contributed by atoms with Gasteiger partial charge in [0.05, 0.1) is 0 Å². The summed E-state index contributed by atoms with van der Waals surface area (Å²) in [7, 11) is -1.07. The van der Waals surface area contributed by atoms with E-state index in [2.05, 4.69) is 0 Å². The van der Waals surface area contributed by atoms with Gasteiger partial charge in [-0.25, -0.2) is 4.79 Å². The SMILES string of the molecule is Cc1ccc2c(c1C(=O)O)OB(O)CC2CO. The van der Waals surface area contributed by atoms with Crippen LogP contribution >= 0.6 is 0 Å². The first-order chi connectivity index (χ1) is 8.04. The Morgan fingerprint density at radius 1 is 1.59 bits per heavy atom. The average molecular weight is 236 g/mol. The van der Waals surface area contributed by atoms with Gasteiger partial charge in [-0.15, -0.1) is 0 Å². The Hall–Kier alpha value is -1.53. The molecule has 0 fully saturated rings. The predicted octanol–water partition coefficient (Wildman–Crippen LogP) is 0.642. The summed E-state index contributed by atoms with van der Waals surface area (Å²) in [5.74, 6) is -1.20. The number of aliphatic hydroxyl groups is 1. The molecule has 0 radical (unpaired) electrons. The molecule has 0 spiro atoms. The molecule has 1 aromatic rings. The number of benzene rings is 1. The molecule has 1 aliphatic heterocycles. The Morgan fingerprint density at radius 2 is 2.29 bits per heavy atom. The first-order valence-corrected chi connectivity index (χ1v) is 5.37. The first-order valence-electron chi connectivity index (χ1n) is 5.37. The van der Waals surface area contributed by atoms with Crippen LogP contribution in [0.25, 0.3) is 0 Å². The molecule has 5 nitrogen and oxygen atoms in total. The van der Waals surface area contributed by atoms with Crippen molar-refractivity contribution < 1.29 is 24.7 Å². The van der Waals surface area contributed by atoms with E-state index in [0.717, 1.165) is 0 Å². The van der Waals surface area contributed by atoms with Crippen molar-refractivity contribution in [2.24, 2.45) is 0 Å². The van der Waals surface area contributed by atoms with Gasteiger partial charge in [0.2, 0.25) is 0 Å². The molecule has 0 saturated carbocycles. The lowest BCUT2D eigenvalue weighted by molar-refractivity contribution is 0.0693. The van der Waals surface area contributed by atoms with Crippen molar-refractivity contribution in [3.8, 4) is 5.75 Å². The topological polar surface area (TPSA) is 87.0 Å². The van der Waals surface area contributed by atoms with E-state index in [1.807, 2.05) is 0 Å². The maximum Gasteiger partial charge on any atom is 0.523 e. The molecule has 0 aliphatic carbocycles. The predicted molar refractivity (Wildman–Crippen MR) is 61.4 cm³/mol. The highest BCUT2D eigenvalue weighted by molar-refractivity contribution is 6.44. The highest BCUT2D eigenvalue weighted by atomic mass is 16.5. The lowest BCUT2D eigenvalue weighted by Crippen LogP contribution is -2.32. The Kier molecular flexibility index (Phi) is 3.08. The van der Waals surface area contributed by atoms with Gasteiger partial charge in [-0.2, -0.15) is 0 Å². The van der Waals surface area contributed by atoms with Crippen molar-refractivity contribution in [1.82, 2.24) is 0 Å². The molecule has 0 bridgehead atoms. The van der Waals surface area contributed by atoms with Crippen LogP contribution in [-0.4, -0.2) is 34.9 Å². The molecule has 0 saturated heterocycles. The van der Waals surface area contributed by atoms with Gasteiger partial charge in [0, 0.05) is 18.8 Å². The van der Waals surface area contributed by atoms with E-state index in [0.29, 0.717) is 11.1 Å². The highest BCUT2D eigenvalue weighted by Gasteiger charge is 2.34. The van der Waals surface area contributed by atoms with Crippen LogP contribution in [0.5, 0.6) is 5.75 Å². The van der Waals surface area contributed by atoms with E-state index in [1.54, 1.807) is 19.1 Å². The minimum atomic E-state index is -1.09. The number of aliphatic hydroxyl groups excluding tert-OH is 1. The summed E-state index contributed by atoms with van der Waals surface area (Å²) in [6.07, 6.45) is 0.269. The highest BCUT2D eigenvalue weighted by Crippen LogP contribution is 2.38. The number of carbonyl (C=O) groups is 1. The van der Waals surface area contributed by atoms with E-state index in [1.165, 1.54) is 0 Å². The Balaban J connectivity index is 2.60. The zero-order valence-corrected chi connectivity index (χ0v) is 9.38. The first kappa shape index (κ1) is 11.9. The van der Waals surface area contributed by atoms with Gasteiger partial charge in [0.1, 0.15) is 11.3 Å². The molecule has 90 valence electrons. The van der Waals surface area contributed by atoms with Gasteiger partial charge in [-0.3, -0.25) is 0 Å². The van der Waals surface area contributed by atoms with Crippen molar-refractivity contribution in [2.45, 2.75) is 19.2 Å². The van der Waals surface area contributed by atoms with Gasteiger partial charge in [-0.05, 0) is 18.1 Å². The van der Waals surface area contributed by atoms with Gasteiger partial charge in [-0.1, -0.05) is 12.1 Å². The van der Waals surface area contributed by atoms with Crippen LogP contribution in [0, 0.1) is 6.92 Å². The second kappa shape index (κ2) is 4.39. The molecule has 0 amide bonds. The summed E-state index contributed by atoms with van der Waals surface area (Å²) in [4.78, 5) is 11.2. The second-order valence-electron chi connectivity index (χ2n) is 4.17. The zero-order valence-electron chi connectivity index (χ0n) is 9.38. The Bertz CT molecular complexity index is 459. The van der Waals surface area contributed by atoms with Crippen LogP contribution in [0.3, 0.4) is 0 Å². The third kappa shape index (κ3) is 2.01.